The van der Waals surface area contributed by atoms with E-state index < -0.39 is 15.9 Å². The molecule has 1 aromatic heterocycles. The molecule has 8 nitrogen and oxygen atoms in total. The number of rotatable bonds is 4. The van der Waals surface area contributed by atoms with Crippen LogP contribution in [0.4, 0.5) is 5.69 Å². The number of carbonyl (C=O) groups excluding carboxylic acids is 1. The first-order valence-electron chi connectivity index (χ1n) is 11.2. The lowest BCUT2D eigenvalue weighted by Crippen LogP contribution is -2.38. The van der Waals surface area contributed by atoms with Gasteiger partial charge in [0, 0.05) is 25.4 Å². The predicted molar refractivity (Wildman–Crippen MR) is 127 cm³/mol. The van der Waals surface area contributed by atoms with Gasteiger partial charge in [0.1, 0.15) is 16.4 Å². The smallest absolute Gasteiger partial charge is 0.259 e. The molecule has 1 N–H and O–H groups in total. The summed E-state index contributed by atoms with van der Waals surface area (Å²) in [6.07, 6.45) is 4.66. The van der Waals surface area contributed by atoms with Crippen LogP contribution in [-0.4, -0.2) is 36.7 Å². The molecule has 1 saturated heterocycles. The first-order valence-corrected chi connectivity index (χ1v) is 12.6. The minimum atomic E-state index is -3.93. The average molecular weight is 480 g/mol. The molecule has 2 aliphatic heterocycles. The molecule has 0 unspecified atom stereocenters. The van der Waals surface area contributed by atoms with E-state index in [2.05, 4.69) is 17.2 Å². The summed E-state index contributed by atoms with van der Waals surface area (Å²) in [4.78, 5) is 17.0. The van der Waals surface area contributed by atoms with Crippen LogP contribution in [0, 0.1) is 12.8 Å². The Morgan fingerprint density at radius 1 is 1.12 bits per heavy atom. The van der Waals surface area contributed by atoms with E-state index in [1.807, 2.05) is 19.1 Å². The maximum Gasteiger partial charge on any atom is 0.259 e. The van der Waals surface area contributed by atoms with Gasteiger partial charge in [-0.2, -0.15) is 4.31 Å². The van der Waals surface area contributed by atoms with Crippen molar-refractivity contribution in [2.75, 3.05) is 18.4 Å². The molecule has 2 aliphatic rings. The number of amides is 1. The maximum atomic E-state index is 13.7. The number of fused-ring (bicyclic) bond motifs is 2. The third kappa shape index (κ3) is 4.24. The number of benzene rings is 2. The minimum Gasteiger partial charge on any atom is -0.454 e. The zero-order chi connectivity index (χ0) is 23.9. The number of aryl methyl sites for hydroxylation is 1. The monoisotopic (exact) mass is 479 g/mol. The predicted octanol–water partition coefficient (Wildman–Crippen LogP) is 4.96. The molecule has 1 fully saturated rings. The Morgan fingerprint density at radius 2 is 1.91 bits per heavy atom. The lowest BCUT2D eigenvalue weighted by Gasteiger charge is -2.30. The SMILES string of the molecule is Cc1ccc2c(c1)Oc1cc(Oc3cccnc3)c(S(=O)(=O)N3CCC(C)CC3)cc1C(=O)N2. The van der Waals surface area contributed by atoms with Crippen molar-refractivity contribution in [3.8, 4) is 23.0 Å². The van der Waals surface area contributed by atoms with E-state index in [-0.39, 0.29) is 22.0 Å². The number of hydrogen-bond donors (Lipinski definition) is 1. The standard InChI is InChI=1S/C25H25N3O5S/c1-16-7-10-28(11-8-16)34(30,31)24-13-19-21(14-23(24)32-18-4-3-9-26-15-18)33-22-12-17(2)5-6-20(22)27-25(19)29/h3-6,9,12-16H,7-8,10-11H2,1-2H3,(H,27,29). The van der Waals surface area contributed by atoms with Crippen LogP contribution < -0.4 is 14.8 Å². The van der Waals surface area contributed by atoms with Crippen molar-refractivity contribution in [1.29, 1.82) is 0 Å². The molecule has 1 amide bonds. The molecule has 5 rings (SSSR count). The number of sulfonamides is 1. The van der Waals surface area contributed by atoms with Crippen molar-refractivity contribution in [1.82, 2.24) is 9.29 Å². The molecule has 0 atom stereocenters. The van der Waals surface area contributed by atoms with E-state index >= 15 is 0 Å². The number of nitrogens with zero attached hydrogens (tertiary/aromatic N) is 2. The van der Waals surface area contributed by atoms with Gasteiger partial charge in [-0.15, -0.1) is 0 Å². The summed E-state index contributed by atoms with van der Waals surface area (Å²) in [5.41, 5.74) is 1.59. The summed E-state index contributed by atoms with van der Waals surface area (Å²) < 4.78 is 40.9. The third-order valence-corrected chi connectivity index (χ3v) is 8.04. The van der Waals surface area contributed by atoms with Gasteiger partial charge in [0.25, 0.3) is 5.91 Å². The summed E-state index contributed by atoms with van der Waals surface area (Å²) in [6, 6.07) is 11.6. The number of anilines is 1. The summed E-state index contributed by atoms with van der Waals surface area (Å²) in [6.45, 7) is 4.87. The quantitative estimate of drug-likeness (QED) is 0.568. The molecule has 0 spiro atoms. The second-order valence-electron chi connectivity index (χ2n) is 8.73. The Balaban J connectivity index is 1.64. The number of nitrogens with one attached hydrogen (secondary N) is 1. The normalized spacial score (nSPS) is 16.6. The molecule has 9 heteroatoms. The van der Waals surface area contributed by atoms with E-state index in [1.165, 1.54) is 22.6 Å². The van der Waals surface area contributed by atoms with Gasteiger partial charge in [-0.25, -0.2) is 8.42 Å². The molecule has 3 heterocycles. The van der Waals surface area contributed by atoms with E-state index in [0.29, 0.717) is 36.2 Å². The van der Waals surface area contributed by atoms with Crippen molar-refractivity contribution < 1.29 is 22.7 Å². The minimum absolute atomic E-state index is 0.0780. The highest BCUT2D eigenvalue weighted by molar-refractivity contribution is 7.89. The van der Waals surface area contributed by atoms with Crippen LogP contribution in [0.5, 0.6) is 23.0 Å². The van der Waals surface area contributed by atoms with Gasteiger partial charge in [-0.05, 0) is 61.6 Å². The van der Waals surface area contributed by atoms with Gasteiger partial charge in [0.05, 0.1) is 17.4 Å². The molecule has 0 aliphatic carbocycles. The number of piperidine rings is 1. The van der Waals surface area contributed by atoms with Crippen molar-refractivity contribution in [3.05, 3.63) is 66.0 Å². The molecule has 2 aromatic carbocycles. The second kappa shape index (κ2) is 8.73. The highest BCUT2D eigenvalue weighted by Crippen LogP contribution is 2.42. The number of aromatic nitrogens is 1. The van der Waals surface area contributed by atoms with Crippen LogP contribution in [0.2, 0.25) is 0 Å². The number of ether oxygens (including phenoxy) is 2. The fourth-order valence-electron chi connectivity index (χ4n) is 4.11. The van der Waals surface area contributed by atoms with Crippen molar-refractivity contribution >= 4 is 21.6 Å². The summed E-state index contributed by atoms with van der Waals surface area (Å²) >= 11 is 0. The van der Waals surface area contributed by atoms with E-state index in [1.54, 1.807) is 24.4 Å². The topological polar surface area (TPSA) is 97.8 Å². The van der Waals surface area contributed by atoms with Crippen LogP contribution in [0.3, 0.4) is 0 Å². The lowest BCUT2D eigenvalue weighted by molar-refractivity contribution is 0.102. The lowest BCUT2D eigenvalue weighted by atomic mass is 10.0. The van der Waals surface area contributed by atoms with E-state index in [0.717, 1.165) is 18.4 Å². The van der Waals surface area contributed by atoms with E-state index in [9.17, 15) is 13.2 Å². The Hall–Kier alpha value is -3.43. The molecule has 0 bridgehead atoms. The first-order chi connectivity index (χ1) is 16.3. The van der Waals surface area contributed by atoms with Crippen LogP contribution in [0.15, 0.2) is 59.8 Å². The second-order valence-corrected chi connectivity index (χ2v) is 10.6. The van der Waals surface area contributed by atoms with Crippen LogP contribution in [0.1, 0.15) is 35.7 Å². The van der Waals surface area contributed by atoms with Crippen LogP contribution >= 0.6 is 0 Å². The highest BCUT2D eigenvalue weighted by atomic mass is 32.2. The number of pyridine rings is 1. The fourth-order valence-corrected chi connectivity index (χ4v) is 5.70. The van der Waals surface area contributed by atoms with Gasteiger partial charge in [0.15, 0.2) is 11.5 Å². The van der Waals surface area contributed by atoms with Gasteiger partial charge in [0.2, 0.25) is 10.0 Å². The van der Waals surface area contributed by atoms with Gasteiger partial charge in [-0.3, -0.25) is 9.78 Å². The van der Waals surface area contributed by atoms with E-state index in [4.69, 9.17) is 9.47 Å². The molecule has 3 aromatic rings. The molecule has 176 valence electrons. The first kappa shape index (κ1) is 22.4. The average Bonchev–Trinajstić information content (AvgIpc) is 2.94. The zero-order valence-corrected chi connectivity index (χ0v) is 19.8. The molecular weight excluding hydrogens is 454 g/mol. The largest absolute Gasteiger partial charge is 0.454 e. The zero-order valence-electron chi connectivity index (χ0n) is 18.9. The van der Waals surface area contributed by atoms with Gasteiger partial charge < -0.3 is 14.8 Å². The summed E-state index contributed by atoms with van der Waals surface area (Å²) in [7, 11) is -3.93. The third-order valence-electron chi connectivity index (χ3n) is 6.12. The summed E-state index contributed by atoms with van der Waals surface area (Å²) in [5.74, 6) is 1.15. The maximum absolute atomic E-state index is 13.7. The van der Waals surface area contributed by atoms with Crippen LogP contribution in [-0.2, 0) is 10.0 Å². The van der Waals surface area contributed by atoms with Crippen molar-refractivity contribution in [2.45, 2.75) is 31.6 Å². The summed E-state index contributed by atoms with van der Waals surface area (Å²) in [5, 5.41) is 2.82. The highest BCUT2D eigenvalue weighted by Gasteiger charge is 2.34. The Kier molecular flexibility index (Phi) is 5.75. The molecule has 0 saturated carbocycles. The fraction of sp³-hybridized carbons (Fsp3) is 0.280. The van der Waals surface area contributed by atoms with Gasteiger partial charge >= 0.3 is 0 Å². The van der Waals surface area contributed by atoms with Crippen molar-refractivity contribution in [2.24, 2.45) is 5.92 Å². The number of carbonyl (C=O) groups is 1. The van der Waals surface area contributed by atoms with Crippen LogP contribution in [0.25, 0.3) is 0 Å². The molecule has 34 heavy (non-hydrogen) atoms. The van der Waals surface area contributed by atoms with Crippen molar-refractivity contribution in [3.63, 3.8) is 0 Å². The molecular formula is C25H25N3O5S. The Bertz CT molecular complexity index is 1350. The molecule has 0 radical (unpaired) electrons. The van der Waals surface area contributed by atoms with Gasteiger partial charge in [-0.1, -0.05) is 13.0 Å². The Morgan fingerprint density at radius 3 is 2.65 bits per heavy atom. The number of hydrogen-bond acceptors (Lipinski definition) is 6. The Labute approximate surface area is 198 Å².